The van der Waals surface area contributed by atoms with Crippen LogP contribution in [0.4, 0.5) is 0 Å². The third-order valence-electron chi connectivity index (χ3n) is 5.51. The quantitative estimate of drug-likeness (QED) is 0.643. The van der Waals surface area contributed by atoms with E-state index >= 15 is 0 Å². The lowest BCUT2D eigenvalue weighted by atomic mass is 9.96. The van der Waals surface area contributed by atoms with E-state index in [0.717, 1.165) is 17.4 Å². The molecular weight excluding hydrogens is 392 g/mol. The van der Waals surface area contributed by atoms with Crippen molar-refractivity contribution in [2.45, 2.75) is 19.8 Å². The first-order valence-corrected chi connectivity index (χ1v) is 10.3. The first-order chi connectivity index (χ1) is 15.0. The van der Waals surface area contributed by atoms with Gasteiger partial charge in [-0.3, -0.25) is 25.2 Å². The molecule has 1 atom stereocenters. The van der Waals surface area contributed by atoms with Crippen LogP contribution in [0, 0.1) is 12.8 Å². The number of hydrogen-bond donors (Lipinski definition) is 2. The molecule has 1 fully saturated rings. The highest BCUT2D eigenvalue weighted by Crippen LogP contribution is 2.19. The number of hydrazine groups is 1. The van der Waals surface area contributed by atoms with Gasteiger partial charge >= 0.3 is 0 Å². The number of amides is 3. The first-order valence-electron chi connectivity index (χ1n) is 10.3. The summed E-state index contributed by atoms with van der Waals surface area (Å²) in [4.78, 5) is 43.8. The zero-order valence-corrected chi connectivity index (χ0v) is 17.3. The average molecular weight is 416 g/mol. The van der Waals surface area contributed by atoms with E-state index in [1.807, 2.05) is 49.4 Å². The molecule has 7 heteroatoms. The molecule has 3 amide bonds. The highest BCUT2D eigenvalue weighted by atomic mass is 16.2. The van der Waals surface area contributed by atoms with Crippen molar-refractivity contribution in [2.24, 2.45) is 5.92 Å². The summed E-state index contributed by atoms with van der Waals surface area (Å²) < 4.78 is 0. The maximum absolute atomic E-state index is 12.8. The molecule has 0 saturated carbocycles. The average Bonchev–Trinajstić information content (AvgIpc) is 2.82. The molecule has 31 heavy (non-hydrogen) atoms. The van der Waals surface area contributed by atoms with Crippen LogP contribution >= 0.6 is 0 Å². The van der Waals surface area contributed by atoms with Crippen LogP contribution in [0.3, 0.4) is 0 Å². The molecule has 0 bridgehead atoms. The number of para-hydroxylation sites is 1. The number of hydrogen-bond acceptors (Lipinski definition) is 4. The summed E-state index contributed by atoms with van der Waals surface area (Å²) in [6, 6.07) is 18.3. The van der Waals surface area contributed by atoms with Gasteiger partial charge in [0.15, 0.2) is 0 Å². The van der Waals surface area contributed by atoms with Gasteiger partial charge in [-0.15, -0.1) is 0 Å². The number of piperidine rings is 1. The minimum atomic E-state index is -0.484. The van der Waals surface area contributed by atoms with Crippen molar-refractivity contribution in [3.05, 3.63) is 77.5 Å². The second-order valence-corrected chi connectivity index (χ2v) is 7.79. The molecule has 1 aromatic heterocycles. The Kier molecular flexibility index (Phi) is 5.93. The molecule has 0 aliphatic carbocycles. The molecule has 7 nitrogen and oxygen atoms in total. The van der Waals surface area contributed by atoms with E-state index in [-0.39, 0.29) is 23.4 Å². The topological polar surface area (TPSA) is 91.4 Å². The summed E-state index contributed by atoms with van der Waals surface area (Å²) in [5.74, 6) is -1.26. The van der Waals surface area contributed by atoms with Crippen LogP contribution in [0.15, 0.2) is 60.7 Å². The van der Waals surface area contributed by atoms with Gasteiger partial charge in [0, 0.05) is 24.0 Å². The van der Waals surface area contributed by atoms with Gasteiger partial charge in [-0.1, -0.05) is 42.0 Å². The fraction of sp³-hybridized carbons (Fsp3) is 0.250. The van der Waals surface area contributed by atoms with E-state index in [1.165, 1.54) is 0 Å². The number of carbonyl (C=O) groups excluding carboxylic acids is 3. The lowest BCUT2D eigenvalue weighted by Gasteiger charge is -2.32. The van der Waals surface area contributed by atoms with Crippen LogP contribution < -0.4 is 10.9 Å². The minimum absolute atomic E-state index is 0.0816. The second kappa shape index (κ2) is 8.95. The SMILES string of the molecule is Cc1ccc(C(=O)N2CCCC(C(=O)NNC(=O)c3ccc4ccccc4n3)C2)cc1. The lowest BCUT2D eigenvalue weighted by Crippen LogP contribution is -2.50. The molecule has 2 heterocycles. The fourth-order valence-corrected chi connectivity index (χ4v) is 3.73. The van der Waals surface area contributed by atoms with Crippen LogP contribution in [0.25, 0.3) is 10.9 Å². The van der Waals surface area contributed by atoms with Crippen molar-refractivity contribution >= 4 is 28.6 Å². The summed E-state index contributed by atoms with van der Waals surface area (Å²) in [5, 5.41) is 0.934. The predicted octanol–water partition coefficient (Wildman–Crippen LogP) is 2.86. The summed E-state index contributed by atoms with van der Waals surface area (Å²) in [6.45, 7) is 2.91. The number of nitrogens with zero attached hydrogens (tertiary/aromatic N) is 2. The molecular formula is C24H24N4O3. The van der Waals surface area contributed by atoms with Crippen LogP contribution in [0.5, 0.6) is 0 Å². The molecule has 2 aromatic carbocycles. The molecule has 3 aromatic rings. The third kappa shape index (κ3) is 4.71. The molecule has 1 unspecified atom stereocenters. The molecule has 4 rings (SSSR count). The zero-order chi connectivity index (χ0) is 21.8. The molecule has 2 N–H and O–H groups in total. The number of pyridine rings is 1. The number of aryl methyl sites for hydroxylation is 1. The zero-order valence-electron chi connectivity index (χ0n) is 17.3. The Labute approximate surface area is 180 Å². The Hall–Kier alpha value is -3.74. The van der Waals surface area contributed by atoms with Crippen molar-refractivity contribution in [2.75, 3.05) is 13.1 Å². The standard InChI is InChI=1S/C24H24N4O3/c1-16-8-10-18(11-9-16)24(31)28-14-4-6-19(15-28)22(29)26-27-23(30)21-13-12-17-5-2-3-7-20(17)25-21/h2-3,5,7-13,19H,4,6,14-15H2,1H3,(H,26,29)(H,27,30). The summed E-state index contributed by atoms with van der Waals surface area (Å²) in [7, 11) is 0. The van der Waals surface area contributed by atoms with Gasteiger partial charge in [0.1, 0.15) is 5.69 Å². The van der Waals surface area contributed by atoms with E-state index < -0.39 is 5.91 Å². The molecule has 0 radical (unpaired) electrons. The molecule has 1 aliphatic heterocycles. The van der Waals surface area contributed by atoms with Crippen molar-refractivity contribution in [3.63, 3.8) is 0 Å². The highest BCUT2D eigenvalue weighted by Gasteiger charge is 2.29. The third-order valence-corrected chi connectivity index (χ3v) is 5.51. The van der Waals surface area contributed by atoms with Crippen LogP contribution in [0.2, 0.25) is 0 Å². The van der Waals surface area contributed by atoms with Gasteiger partial charge in [0.05, 0.1) is 11.4 Å². The van der Waals surface area contributed by atoms with E-state index in [0.29, 0.717) is 30.6 Å². The van der Waals surface area contributed by atoms with Gasteiger partial charge < -0.3 is 4.90 Å². The van der Waals surface area contributed by atoms with Gasteiger partial charge in [-0.05, 0) is 44.0 Å². The molecule has 1 aliphatic rings. The summed E-state index contributed by atoms with van der Waals surface area (Å²) >= 11 is 0. The van der Waals surface area contributed by atoms with Gasteiger partial charge in [0.25, 0.3) is 11.8 Å². The van der Waals surface area contributed by atoms with Crippen molar-refractivity contribution in [1.82, 2.24) is 20.7 Å². The Morgan fingerprint density at radius 3 is 2.55 bits per heavy atom. The smallest absolute Gasteiger partial charge is 0.288 e. The number of likely N-dealkylation sites (tertiary alicyclic amines) is 1. The van der Waals surface area contributed by atoms with E-state index in [4.69, 9.17) is 0 Å². The van der Waals surface area contributed by atoms with E-state index in [2.05, 4.69) is 15.8 Å². The van der Waals surface area contributed by atoms with Gasteiger partial charge in [-0.2, -0.15) is 0 Å². The number of aromatic nitrogens is 1. The maximum Gasteiger partial charge on any atom is 0.288 e. The van der Waals surface area contributed by atoms with E-state index in [1.54, 1.807) is 23.1 Å². The summed E-state index contributed by atoms with van der Waals surface area (Å²) in [5.41, 5.74) is 7.56. The Bertz CT molecular complexity index is 1130. The summed E-state index contributed by atoms with van der Waals surface area (Å²) in [6.07, 6.45) is 1.39. The molecule has 158 valence electrons. The van der Waals surface area contributed by atoms with Crippen molar-refractivity contribution in [1.29, 1.82) is 0 Å². The molecule has 1 saturated heterocycles. The van der Waals surface area contributed by atoms with Crippen molar-refractivity contribution in [3.8, 4) is 0 Å². The normalized spacial score (nSPS) is 16.0. The fourth-order valence-electron chi connectivity index (χ4n) is 3.73. The van der Waals surface area contributed by atoms with Crippen LogP contribution in [-0.2, 0) is 4.79 Å². The lowest BCUT2D eigenvalue weighted by molar-refractivity contribution is -0.127. The highest BCUT2D eigenvalue weighted by molar-refractivity contribution is 5.96. The maximum atomic E-state index is 12.8. The molecule has 0 spiro atoms. The Morgan fingerprint density at radius 2 is 1.74 bits per heavy atom. The van der Waals surface area contributed by atoms with Crippen molar-refractivity contribution < 1.29 is 14.4 Å². The van der Waals surface area contributed by atoms with Gasteiger partial charge in [-0.25, -0.2) is 4.98 Å². The first kappa shape index (κ1) is 20.5. The second-order valence-electron chi connectivity index (χ2n) is 7.79. The number of benzene rings is 2. The number of rotatable bonds is 3. The Morgan fingerprint density at radius 1 is 0.968 bits per heavy atom. The number of carbonyl (C=O) groups is 3. The predicted molar refractivity (Wildman–Crippen MR) is 117 cm³/mol. The Balaban J connectivity index is 1.34. The minimum Gasteiger partial charge on any atom is -0.338 e. The number of nitrogens with one attached hydrogen (secondary N) is 2. The largest absolute Gasteiger partial charge is 0.338 e. The van der Waals surface area contributed by atoms with Crippen LogP contribution in [-0.4, -0.2) is 40.7 Å². The van der Waals surface area contributed by atoms with Crippen LogP contribution in [0.1, 0.15) is 39.3 Å². The monoisotopic (exact) mass is 416 g/mol. The van der Waals surface area contributed by atoms with Gasteiger partial charge in [0.2, 0.25) is 5.91 Å². The van der Waals surface area contributed by atoms with E-state index in [9.17, 15) is 14.4 Å². The number of fused-ring (bicyclic) bond motifs is 1.